The normalized spacial score (nSPS) is 17.5. The van der Waals surface area contributed by atoms with Crippen molar-refractivity contribution in [2.45, 2.75) is 11.7 Å². The average molecular weight is 354 g/mol. The molecule has 1 saturated heterocycles. The van der Waals surface area contributed by atoms with E-state index in [4.69, 9.17) is 21.7 Å². The first-order valence-electron chi connectivity index (χ1n) is 7.00. The molecule has 1 N–H and O–H groups in total. The first-order valence-corrected chi connectivity index (χ1v) is 8.29. The Balaban J connectivity index is 1.95. The second-order valence-electron chi connectivity index (χ2n) is 4.81. The zero-order chi connectivity index (χ0) is 16.8. The molecule has 1 fully saturated rings. The van der Waals surface area contributed by atoms with E-state index in [0.29, 0.717) is 28.9 Å². The lowest BCUT2D eigenvalue weighted by Crippen LogP contribution is -2.35. The first-order chi connectivity index (χ1) is 11.1. The lowest BCUT2D eigenvalue weighted by atomic mass is 10.2. The third kappa shape index (κ3) is 4.43. The molecule has 1 aliphatic heterocycles. The molecule has 2 amide bonds. The van der Waals surface area contributed by atoms with E-state index in [2.05, 4.69) is 5.32 Å². The van der Waals surface area contributed by atoms with Crippen LogP contribution in [-0.4, -0.2) is 53.7 Å². The van der Waals surface area contributed by atoms with Crippen molar-refractivity contribution in [3.05, 3.63) is 24.3 Å². The predicted molar refractivity (Wildman–Crippen MR) is 93.8 cm³/mol. The maximum absolute atomic E-state index is 12.3. The van der Waals surface area contributed by atoms with E-state index in [-0.39, 0.29) is 18.2 Å². The molecule has 1 unspecified atom stereocenters. The van der Waals surface area contributed by atoms with E-state index in [1.165, 1.54) is 23.8 Å². The van der Waals surface area contributed by atoms with E-state index in [9.17, 15) is 9.59 Å². The van der Waals surface area contributed by atoms with Gasteiger partial charge < -0.3 is 14.8 Å². The number of ether oxygens (including phenoxy) is 2. The van der Waals surface area contributed by atoms with Gasteiger partial charge in [-0.1, -0.05) is 36.1 Å². The Morgan fingerprint density at radius 2 is 2.13 bits per heavy atom. The van der Waals surface area contributed by atoms with Crippen LogP contribution in [0.5, 0.6) is 5.75 Å². The van der Waals surface area contributed by atoms with Crippen molar-refractivity contribution in [2.75, 3.05) is 32.7 Å². The lowest BCUT2D eigenvalue weighted by molar-refractivity contribution is -0.128. The maximum Gasteiger partial charge on any atom is 0.242 e. The standard InChI is InChI=1S/C15H18N2O4S2/c1-20-8-7-17-14(19)12(23-15(17)22)9-13(18)16-10-5-3-4-6-11(10)21-2/h3-6,12H,7-9H2,1-2H3,(H,16,18). The number of amides is 2. The number of thioether (sulfide) groups is 1. The van der Waals surface area contributed by atoms with Crippen LogP contribution in [0.4, 0.5) is 5.69 Å². The summed E-state index contributed by atoms with van der Waals surface area (Å²) in [7, 11) is 3.10. The van der Waals surface area contributed by atoms with Crippen molar-refractivity contribution >= 4 is 45.8 Å². The molecule has 2 rings (SSSR count). The number of carbonyl (C=O) groups is 2. The average Bonchev–Trinajstić information content (AvgIpc) is 2.79. The molecule has 0 bridgehead atoms. The fourth-order valence-electron chi connectivity index (χ4n) is 2.13. The van der Waals surface area contributed by atoms with E-state index in [1.54, 1.807) is 25.3 Å². The van der Waals surface area contributed by atoms with Crippen LogP contribution in [0, 0.1) is 0 Å². The van der Waals surface area contributed by atoms with Gasteiger partial charge in [-0.15, -0.1) is 0 Å². The topological polar surface area (TPSA) is 67.9 Å². The molecule has 0 aliphatic carbocycles. The molecule has 0 radical (unpaired) electrons. The highest BCUT2D eigenvalue weighted by Gasteiger charge is 2.37. The van der Waals surface area contributed by atoms with Gasteiger partial charge in [-0.05, 0) is 12.1 Å². The van der Waals surface area contributed by atoms with Gasteiger partial charge in [0.1, 0.15) is 10.1 Å². The van der Waals surface area contributed by atoms with Crippen molar-refractivity contribution in [1.82, 2.24) is 4.90 Å². The van der Waals surface area contributed by atoms with Crippen LogP contribution in [0.1, 0.15) is 6.42 Å². The van der Waals surface area contributed by atoms with Crippen LogP contribution in [-0.2, 0) is 14.3 Å². The highest BCUT2D eigenvalue weighted by Crippen LogP contribution is 2.30. The molecule has 1 atom stereocenters. The van der Waals surface area contributed by atoms with E-state index in [1.807, 2.05) is 6.07 Å². The number of para-hydroxylation sites is 2. The Bertz CT molecular complexity index is 609. The molecule has 0 aromatic heterocycles. The minimum atomic E-state index is -0.492. The van der Waals surface area contributed by atoms with Crippen LogP contribution in [0.25, 0.3) is 0 Å². The highest BCUT2D eigenvalue weighted by molar-refractivity contribution is 8.24. The van der Waals surface area contributed by atoms with Crippen molar-refractivity contribution < 1.29 is 19.1 Å². The summed E-state index contributed by atoms with van der Waals surface area (Å²) in [6.45, 7) is 0.818. The summed E-state index contributed by atoms with van der Waals surface area (Å²) in [5.74, 6) is 0.174. The summed E-state index contributed by atoms with van der Waals surface area (Å²) in [5, 5.41) is 2.27. The number of nitrogens with one attached hydrogen (secondary N) is 1. The van der Waals surface area contributed by atoms with Crippen LogP contribution in [0.3, 0.4) is 0 Å². The lowest BCUT2D eigenvalue weighted by Gasteiger charge is -2.14. The molecule has 1 aliphatic rings. The van der Waals surface area contributed by atoms with Crippen molar-refractivity contribution in [1.29, 1.82) is 0 Å². The summed E-state index contributed by atoms with van der Waals surface area (Å²) in [4.78, 5) is 26.0. The molecule has 6 nitrogen and oxygen atoms in total. The Hall–Kier alpha value is -1.64. The van der Waals surface area contributed by atoms with Gasteiger partial charge in [-0.2, -0.15) is 0 Å². The molecule has 0 spiro atoms. The number of benzene rings is 1. The molecular weight excluding hydrogens is 336 g/mol. The van der Waals surface area contributed by atoms with Crippen molar-refractivity contribution in [3.8, 4) is 5.75 Å². The van der Waals surface area contributed by atoms with Crippen molar-refractivity contribution in [2.24, 2.45) is 0 Å². The number of carbonyl (C=O) groups excluding carboxylic acids is 2. The van der Waals surface area contributed by atoms with Gasteiger partial charge in [0.15, 0.2) is 0 Å². The number of thiocarbonyl (C=S) groups is 1. The van der Waals surface area contributed by atoms with Gasteiger partial charge in [0.05, 0.1) is 31.2 Å². The maximum atomic E-state index is 12.3. The quantitative estimate of drug-likeness (QED) is 0.755. The summed E-state index contributed by atoms with van der Waals surface area (Å²) < 4.78 is 10.6. The van der Waals surface area contributed by atoms with Crippen LogP contribution < -0.4 is 10.1 Å². The second kappa shape index (κ2) is 8.28. The molecule has 1 aromatic rings. The fourth-order valence-corrected chi connectivity index (χ4v) is 3.67. The van der Waals surface area contributed by atoms with Crippen LogP contribution in [0.2, 0.25) is 0 Å². The zero-order valence-corrected chi connectivity index (χ0v) is 14.5. The summed E-state index contributed by atoms with van der Waals surface area (Å²) >= 11 is 6.43. The molecule has 124 valence electrons. The molecule has 1 heterocycles. The van der Waals surface area contributed by atoms with E-state index in [0.717, 1.165) is 0 Å². The molecular formula is C15H18N2O4S2. The Kier molecular flexibility index (Phi) is 6.37. The minimum Gasteiger partial charge on any atom is -0.495 e. The van der Waals surface area contributed by atoms with E-state index < -0.39 is 5.25 Å². The van der Waals surface area contributed by atoms with Gasteiger partial charge in [0, 0.05) is 13.5 Å². The van der Waals surface area contributed by atoms with Gasteiger partial charge in [-0.25, -0.2) is 0 Å². The minimum absolute atomic E-state index is 0.0607. The number of methoxy groups -OCH3 is 2. The first kappa shape index (κ1) is 17.7. The Morgan fingerprint density at radius 3 is 2.83 bits per heavy atom. The summed E-state index contributed by atoms with van der Waals surface area (Å²) in [6.07, 6.45) is 0.0607. The number of hydrogen-bond acceptors (Lipinski definition) is 6. The van der Waals surface area contributed by atoms with Crippen LogP contribution >= 0.6 is 24.0 Å². The monoisotopic (exact) mass is 354 g/mol. The summed E-state index contributed by atoms with van der Waals surface area (Å²) in [5.41, 5.74) is 0.578. The number of nitrogens with zero attached hydrogens (tertiary/aromatic N) is 1. The number of rotatable bonds is 7. The number of anilines is 1. The summed E-state index contributed by atoms with van der Waals surface area (Å²) in [6, 6.07) is 7.12. The fraction of sp³-hybridized carbons (Fsp3) is 0.400. The largest absolute Gasteiger partial charge is 0.495 e. The van der Waals surface area contributed by atoms with Gasteiger partial charge in [0.2, 0.25) is 11.8 Å². The highest BCUT2D eigenvalue weighted by atomic mass is 32.2. The zero-order valence-electron chi connectivity index (χ0n) is 12.9. The third-order valence-corrected chi connectivity index (χ3v) is 4.86. The Morgan fingerprint density at radius 1 is 1.39 bits per heavy atom. The molecule has 23 heavy (non-hydrogen) atoms. The van der Waals surface area contributed by atoms with E-state index >= 15 is 0 Å². The van der Waals surface area contributed by atoms with Gasteiger partial charge in [0.25, 0.3) is 0 Å². The van der Waals surface area contributed by atoms with Crippen LogP contribution in [0.15, 0.2) is 24.3 Å². The molecule has 8 heteroatoms. The second-order valence-corrected chi connectivity index (χ2v) is 6.64. The van der Waals surface area contributed by atoms with Crippen molar-refractivity contribution in [3.63, 3.8) is 0 Å². The number of hydrogen-bond donors (Lipinski definition) is 1. The molecule has 0 saturated carbocycles. The Labute approximate surface area is 144 Å². The molecule has 1 aromatic carbocycles. The van der Waals surface area contributed by atoms with Gasteiger partial charge in [-0.3, -0.25) is 14.5 Å². The predicted octanol–water partition coefficient (Wildman–Crippen LogP) is 1.90. The third-order valence-electron chi connectivity index (χ3n) is 3.28. The SMILES string of the molecule is COCCN1C(=O)C(CC(=O)Nc2ccccc2OC)SC1=S. The van der Waals surface area contributed by atoms with Gasteiger partial charge >= 0.3 is 0 Å². The smallest absolute Gasteiger partial charge is 0.242 e.